The smallest absolute Gasteiger partial charge is 0.234 e. The average molecular weight is 355 g/mol. The van der Waals surface area contributed by atoms with Gasteiger partial charge >= 0.3 is 0 Å². The van der Waals surface area contributed by atoms with Gasteiger partial charge in [0.2, 0.25) is 11.8 Å². The third-order valence-electron chi connectivity index (χ3n) is 4.51. The molecule has 5 nitrogen and oxygen atoms in total. The van der Waals surface area contributed by atoms with Crippen LogP contribution in [0.1, 0.15) is 23.6 Å². The van der Waals surface area contributed by atoms with Gasteiger partial charge in [-0.05, 0) is 11.6 Å². The van der Waals surface area contributed by atoms with E-state index in [1.165, 1.54) is 6.07 Å². The second kappa shape index (κ2) is 8.58. The van der Waals surface area contributed by atoms with Crippen LogP contribution in [0.5, 0.6) is 0 Å². The van der Waals surface area contributed by atoms with Gasteiger partial charge in [-0.15, -0.1) is 0 Å². The van der Waals surface area contributed by atoms with Crippen molar-refractivity contribution >= 4 is 11.8 Å². The van der Waals surface area contributed by atoms with Gasteiger partial charge in [-0.1, -0.05) is 48.5 Å². The largest absolute Gasteiger partial charge is 0.355 e. The van der Waals surface area contributed by atoms with Gasteiger partial charge in [0.15, 0.2) is 0 Å². The topological polar surface area (TPSA) is 61.4 Å². The third kappa shape index (κ3) is 4.67. The fourth-order valence-electron chi connectivity index (χ4n) is 3.14. The Morgan fingerprint density at radius 3 is 2.65 bits per heavy atom. The highest BCUT2D eigenvalue weighted by atomic mass is 19.1. The number of hydrogen-bond donors (Lipinski definition) is 2. The molecular formula is C20H22FN3O2. The minimum atomic E-state index is -0.334. The normalized spacial score (nSPS) is 18.0. The van der Waals surface area contributed by atoms with E-state index >= 15 is 0 Å². The molecule has 0 bridgehead atoms. The van der Waals surface area contributed by atoms with E-state index in [0.29, 0.717) is 25.1 Å². The first-order valence-corrected chi connectivity index (χ1v) is 8.69. The number of nitrogens with one attached hydrogen (secondary N) is 2. The number of nitrogens with zero attached hydrogens (tertiary/aromatic N) is 1. The van der Waals surface area contributed by atoms with Gasteiger partial charge in [0.1, 0.15) is 5.82 Å². The molecule has 1 aliphatic heterocycles. The van der Waals surface area contributed by atoms with Crippen molar-refractivity contribution in [2.45, 2.75) is 19.0 Å². The number of carbonyl (C=O) groups is 2. The maximum atomic E-state index is 13.7. The second-order valence-corrected chi connectivity index (χ2v) is 6.32. The van der Waals surface area contributed by atoms with Crippen molar-refractivity contribution in [2.24, 2.45) is 0 Å². The summed E-state index contributed by atoms with van der Waals surface area (Å²) in [5, 5.41) is 5.62. The molecule has 2 aromatic carbocycles. The van der Waals surface area contributed by atoms with E-state index in [2.05, 4.69) is 10.6 Å². The van der Waals surface area contributed by atoms with Gasteiger partial charge in [0.25, 0.3) is 0 Å². The molecule has 1 unspecified atom stereocenters. The maximum absolute atomic E-state index is 13.7. The van der Waals surface area contributed by atoms with Crippen molar-refractivity contribution in [3.63, 3.8) is 0 Å². The Hall–Kier alpha value is -2.73. The van der Waals surface area contributed by atoms with Crippen LogP contribution in [-0.4, -0.2) is 36.3 Å². The molecule has 0 saturated carbocycles. The highest BCUT2D eigenvalue weighted by molar-refractivity contribution is 5.79. The molecule has 0 spiro atoms. The molecule has 136 valence electrons. The van der Waals surface area contributed by atoms with Crippen molar-refractivity contribution in [1.29, 1.82) is 0 Å². The van der Waals surface area contributed by atoms with E-state index in [0.717, 1.165) is 5.56 Å². The molecule has 6 heteroatoms. The molecule has 1 aliphatic rings. The summed E-state index contributed by atoms with van der Waals surface area (Å²) in [4.78, 5) is 26.3. The highest BCUT2D eigenvalue weighted by Gasteiger charge is 2.27. The van der Waals surface area contributed by atoms with Gasteiger partial charge in [-0.3, -0.25) is 14.5 Å². The number of benzene rings is 2. The lowest BCUT2D eigenvalue weighted by Gasteiger charge is -2.28. The molecule has 0 radical (unpaired) electrons. The number of rotatable bonds is 5. The van der Waals surface area contributed by atoms with Crippen molar-refractivity contribution in [2.75, 3.05) is 19.6 Å². The van der Waals surface area contributed by atoms with Crippen LogP contribution >= 0.6 is 0 Å². The van der Waals surface area contributed by atoms with E-state index in [4.69, 9.17) is 0 Å². The molecule has 0 aliphatic carbocycles. The zero-order valence-electron chi connectivity index (χ0n) is 14.5. The summed E-state index contributed by atoms with van der Waals surface area (Å²) < 4.78 is 13.7. The second-order valence-electron chi connectivity index (χ2n) is 6.32. The zero-order valence-corrected chi connectivity index (χ0v) is 14.5. The Morgan fingerprint density at radius 2 is 1.88 bits per heavy atom. The summed E-state index contributed by atoms with van der Waals surface area (Å²) in [6.07, 6.45) is 0.310. The number of hydrogen-bond acceptors (Lipinski definition) is 3. The van der Waals surface area contributed by atoms with Crippen LogP contribution < -0.4 is 10.6 Å². The Balaban J connectivity index is 1.66. The molecule has 2 aromatic rings. The minimum absolute atomic E-state index is 0.0203. The third-order valence-corrected chi connectivity index (χ3v) is 4.51. The lowest BCUT2D eigenvalue weighted by atomic mass is 10.0. The highest BCUT2D eigenvalue weighted by Crippen LogP contribution is 2.25. The predicted octanol–water partition coefficient (Wildman–Crippen LogP) is 2.01. The van der Waals surface area contributed by atoms with Gasteiger partial charge in [0.05, 0.1) is 6.54 Å². The Morgan fingerprint density at radius 1 is 1.15 bits per heavy atom. The van der Waals surface area contributed by atoms with Gasteiger partial charge in [-0.2, -0.15) is 0 Å². The first kappa shape index (κ1) is 18.1. The van der Waals surface area contributed by atoms with E-state index in [1.807, 2.05) is 35.2 Å². The predicted molar refractivity (Wildman–Crippen MR) is 96.6 cm³/mol. The van der Waals surface area contributed by atoms with Crippen molar-refractivity contribution < 1.29 is 14.0 Å². The van der Waals surface area contributed by atoms with Crippen LogP contribution in [0.25, 0.3) is 0 Å². The monoisotopic (exact) mass is 355 g/mol. The van der Waals surface area contributed by atoms with Crippen molar-refractivity contribution in [3.05, 3.63) is 71.5 Å². The fraction of sp³-hybridized carbons (Fsp3) is 0.300. The fourth-order valence-corrected chi connectivity index (χ4v) is 3.14. The zero-order chi connectivity index (χ0) is 18.4. The van der Waals surface area contributed by atoms with Crippen LogP contribution in [0.15, 0.2) is 54.6 Å². The molecule has 26 heavy (non-hydrogen) atoms. The number of carbonyl (C=O) groups excluding carboxylic acids is 2. The molecule has 1 saturated heterocycles. The molecule has 1 fully saturated rings. The van der Waals surface area contributed by atoms with Crippen molar-refractivity contribution in [1.82, 2.24) is 15.5 Å². The number of halogens is 1. The van der Waals surface area contributed by atoms with Crippen LogP contribution in [0.4, 0.5) is 4.39 Å². The van der Waals surface area contributed by atoms with Crippen molar-refractivity contribution in [3.8, 4) is 0 Å². The van der Waals surface area contributed by atoms with Crippen LogP contribution in [0.2, 0.25) is 0 Å². The Bertz CT molecular complexity index is 767. The summed E-state index contributed by atoms with van der Waals surface area (Å²) in [5.74, 6) is -0.545. The number of amides is 2. The lowest BCUT2D eigenvalue weighted by Crippen LogP contribution is -2.40. The molecule has 2 amide bonds. The minimum Gasteiger partial charge on any atom is -0.355 e. The molecule has 1 atom stereocenters. The van der Waals surface area contributed by atoms with Gasteiger partial charge < -0.3 is 10.6 Å². The summed E-state index contributed by atoms with van der Waals surface area (Å²) in [6, 6.07) is 15.9. The summed E-state index contributed by atoms with van der Waals surface area (Å²) in [5.41, 5.74) is 1.46. The molecule has 3 rings (SSSR count). The lowest BCUT2D eigenvalue weighted by molar-refractivity contribution is -0.124. The maximum Gasteiger partial charge on any atom is 0.234 e. The van der Waals surface area contributed by atoms with Crippen LogP contribution in [-0.2, 0) is 16.1 Å². The first-order valence-electron chi connectivity index (χ1n) is 8.69. The summed E-state index contributed by atoms with van der Waals surface area (Å²) >= 11 is 0. The van der Waals surface area contributed by atoms with E-state index in [-0.39, 0.29) is 36.8 Å². The van der Waals surface area contributed by atoms with Crippen LogP contribution in [0, 0.1) is 5.82 Å². The average Bonchev–Trinajstić information content (AvgIpc) is 2.83. The molecular weight excluding hydrogens is 333 g/mol. The molecule has 0 aromatic heterocycles. The van der Waals surface area contributed by atoms with E-state index in [1.54, 1.807) is 18.2 Å². The van der Waals surface area contributed by atoms with Crippen LogP contribution in [0.3, 0.4) is 0 Å². The quantitative estimate of drug-likeness (QED) is 0.862. The SMILES string of the molecule is O=C1CC(c2ccccc2)N(CC(=O)NCc2ccccc2F)CCN1. The Labute approximate surface area is 152 Å². The van der Waals surface area contributed by atoms with Gasteiger partial charge in [-0.25, -0.2) is 4.39 Å². The van der Waals surface area contributed by atoms with E-state index in [9.17, 15) is 14.0 Å². The Kier molecular flexibility index (Phi) is 5.96. The van der Waals surface area contributed by atoms with E-state index < -0.39 is 0 Å². The molecule has 2 N–H and O–H groups in total. The standard InChI is InChI=1S/C20H22FN3O2/c21-17-9-5-4-8-16(17)13-23-20(26)14-24-11-10-22-19(25)12-18(24)15-6-2-1-3-7-15/h1-9,18H,10-14H2,(H,22,25)(H,23,26). The molecule has 1 heterocycles. The summed E-state index contributed by atoms with van der Waals surface area (Å²) in [6.45, 7) is 1.39. The first-order chi connectivity index (χ1) is 12.6. The van der Waals surface area contributed by atoms with Gasteiger partial charge in [0, 0.05) is 37.7 Å². The summed E-state index contributed by atoms with van der Waals surface area (Å²) in [7, 11) is 0.